The molecular weight excluding hydrogens is 1020 g/mol. The molecule has 4 aliphatic rings. The van der Waals surface area contributed by atoms with Gasteiger partial charge in [-0.3, -0.25) is 9.59 Å². The Morgan fingerprint density at radius 3 is 1.02 bits per heavy atom. The first-order valence-corrected chi connectivity index (χ1v) is 30.3. The Bertz CT molecular complexity index is 1860. The largest absolute Gasteiger partial charge is 0.444 e. The van der Waals surface area contributed by atoms with Gasteiger partial charge in [-0.05, 0) is 202 Å². The van der Waals surface area contributed by atoms with E-state index >= 15 is 0 Å². The molecular formula is C62H117N7O11. The summed E-state index contributed by atoms with van der Waals surface area (Å²) in [5.74, 6) is 4.07. The predicted octanol–water partition coefficient (Wildman–Crippen LogP) is 13.0. The molecule has 0 spiro atoms. The minimum atomic E-state index is -0.450. The minimum Gasteiger partial charge on any atom is -0.444 e. The van der Waals surface area contributed by atoms with Crippen LogP contribution in [0.15, 0.2) is 5.16 Å². The summed E-state index contributed by atoms with van der Waals surface area (Å²) in [7, 11) is 3.55. The van der Waals surface area contributed by atoms with Crippen LogP contribution in [-0.2, 0) is 28.5 Å². The highest BCUT2D eigenvalue weighted by Gasteiger charge is 2.32. The van der Waals surface area contributed by atoms with Gasteiger partial charge < -0.3 is 54.4 Å². The lowest BCUT2D eigenvalue weighted by Gasteiger charge is -2.34. The molecule has 0 bridgehead atoms. The molecule has 4 rings (SSSR count). The van der Waals surface area contributed by atoms with Crippen molar-refractivity contribution in [1.29, 1.82) is 0 Å². The number of ether oxygens (including phenoxy) is 4. The topological polar surface area (TPSA) is 214 Å². The lowest BCUT2D eigenvalue weighted by Crippen LogP contribution is -2.42. The third-order valence-electron chi connectivity index (χ3n) is 13.9. The van der Waals surface area contributed by atoms with Gasteiger partial charge in [-0.25, -0.2) is 19.2 Å². The molecule has 0 aliphatic carbocycles. The molecule has 80 heavy (non-hydrogen) atoms. The Morgan fingerprint density at radius 1 is 0.475 bits per heavy atom. The van der Waals surface area contributed by atoms with E-state index in [4.69, 9.17) is 29.9 Å². The van der Waals surface area contributed by atoms with Gasteiger partial charge in [-0.1, -0.05) is 46.7 Å². The summed E-state index contributed by atoms with van der Waals surface area (Å²) >= 11 is 0. The van der Waals surface area contributed by atoms with Gasteiger partial charge in [-0.2, -0.15) is 0 Å². The Hall–Kier alpha value is -4.35. The van der Waals surface area contributed by atoms with Gasteiger partial charge in [0.2, 0.25) is 5.91 Å². The van der Waals surface area contributed by atoms with Gasteiger partial charge in [0.1, 0.15) is 28.2 Å². The molecule has 3 N–H and O–H groups in total. The second kappa shape index (κ2) is 34.9. The average molecular weight is 1140 g/mol. The zero-order valence-corrected chi connectivity index (χ0v) is 54.2. The van der Waals surface area contributed by atoms with Crippen molar-refractivity contribution in [2.75, 3.05) is 66.5 Å². The van der Waals surface area contributed by atoms with E-state index in [-0.39, 0.29) is 30.3 Å². The van der Waals surface area contributed by atoms with Crippen LogP contribution in [0.25, 0.3) is 0 Å². The van der Waals surface area contributed by atoms with Crippen molar-refractivity contribution in [3.05, 3.63) is 0 Å². The molecule has 0 saturated carbocycles. The molecule has 4 heterocycles. The second-order valence-electron chi connectivity index (χ2n) is 28.6. The van der Waals surface area contributed by atoms with Crippen LogP contribution < -0.4 is 5.73 Å². The molecule has 4 fully saturated rings. The van der Waals surface area contributed by atoms with E-state index in [0.717, 1.165) is 109 Å². The van der Waals surface area contributed by atoms with Crippen molar-refractivity contribution in [2.24, 2.45) is 52.3 Å². The molecule has 0 aromatic rings. The Kier molecular flexibility index (Phi) is 32.2. The Morgan fingerprint density at radius 2 is 0.762 bits per heavy atom. The van der Waals surface area contributed by atoms with Gasteiger partial charge >= 0.3 is 24.4 Å². The van der Waals surface area contributed by atoms with E-state index in [1.54, 1.807) is 33.7 Å². The number of Topliss-reactive ketones (excluding diaryl/α,β-unsaturated/α-hetero) is 1. The third kappa shape index (κ3) is 34.8. The second-order valence-corrected chi connectivity index (χ2v) is 28.6. The zero-order valence-electron chi connectivity index (χ0n) is 54.2. The van der Waals surface area contributed by atoms with Crippen molar-refractivity contribution < 1.29 is 52.9 Å². The fourth-order valence-electron chi connectivity index (χ4n) is 10.0. The smallest absolute Gasteiger partial charge is 0.410 e. The number of oxime groups is 1. The maximum Gasteiger partial charge on any atom is 0.410 e. The molecule has 18 nitrogen and oxygen atoms in total. The van der Waals surface area contributed by atoms with Gasteiger partial charge in [0.25, 0.3) is 0 Å². The number of nitrogens with zero attached hydrogens (tertiary/aromatic N) is 6. The van der Waals surface area contributed by atoms with Crippen molar-refractivity contribution in [3.63, 3.8) is 0 Å². The van der Waals surface area contributed by atoms with Gasteiger partial charge in [0, 0.05) is 91.8 Å². The maximum atomic E-state index is 12.0. The number of piperidine rings is 4. The molecule has 5 amide bonds. The summed E-state index contributed by atoms with van der Waals surface area (Å²) in [5.41, 5.74) is 5.31. The first kappa shape index (κ1) is 73.7. The quantitative estimate of drug-likeness (QED) is 0.0719. The minimum absolute atomic E-state index is 0.163. The number of carbonyl (C=O) groups is 6. The van der Waals surface area contributed by atoms with Crippen LogP contribution >= 0.6 is 0 Å². The fraction of sp³-hybridized carbons (Fsp3) is 0.887. The molecule has 4 saturated heterocycles. The summed E-state index contributed by atoms with van der Waals surface area (Å²) in [6.07, 6.45) is 12.4. The lowest BCUT2D eigenvalue weighted by atomic mass is 9.88. The van der Waals surface area contributed by atoms with Crippen molar-refractivity contribution in [1.82, 2.24) is 24.5 Å². The number of carbonyl (C=O) groups excluding carboxylic acids is 6. The summed E-state index contributed by atoms with van der Waals surface area (Å²) in [6, 6.07) is 0.299. The number of rotatable bonds is 14. The van der Waals surface area contributed by atoms with Crippen molar-refractivity contribution in [2.45, 2.75) is 249 Å². The fourth-order valence-corrected chi connectivity index (χ4v) is 10.0. The van der Waals surface area contributed by atoms with Gasteiger partial charge in [0.15, 0.2) is 0 Å². The number of amides is 5. The van der Waals surface area contributed by atoms with Crippen LogP contribution in [0.5, 0.6) is 0 Å². The van der Waals surface area contributed by atoms with Crippen LogP contribution in [0.2, 0.25) is 0 Å². The molecule has 0 radical (unpaired) electrons. The molecule has 0 aromatic heterocycles. The monoisotopic (exact) mass is 1140 g/mol. The lowest BCUT2D eigenvalue weighted by molar-refractivity contribution is -0.130. The highest BCUT2D eigenvalue weighted by Crippen LogP contribution is 2.28. The number of likely N-dealkylation sites (tertiary alicyclic amines) is 4. The summed E-state index contributed by atoms with van der Waals surface area (Å²) in [5, 5.41) is 12.5. The molecule has 0 aromatic carbocycles. The van der Waals surface area contributed by atoms with Crippen LogP contribution in [0.4, 0.5) is 19.2 Å². The number of nitrogens with two attached hydrogens (primary N) is 1. The molecule has 466 valence electrons. The van der Waals surface area contributed by atoms with Crippen LogP contribution in [0, 0.1) is 41.4 Å². The van der Waals surface area contributed by atoms with Crippen molar-refractivity contribution in [3.8, 4) is 0 Å². The van der Waals surface area contributed by atoms with E-state index in [1.165, 1.54) is 0 Å². The van der Waals surface area contributed by atoms with Crippen LogP contribution in [0.3, 0.4) is 0 Å². The van der Waals surface area contributed by atoms with E-state index in [0.29, 0.717) is 98.7 Å². The van der Waals surface area contributed by atoms with E-state index in [2.05, 4.69) is 46.7 Å². The average Bonchev–Trinajstić information content (AvgIpc) is 3.30. The Balaban J connectivity index is 0.000000534. The van der Waals surface area contributed by atoms with E-state index in [1.807, 2.05) is 88.0 Å². The van der Waals surface area contributed by atoms with E-state index < -0.39 is 22.4 Å². The molecule has 4 aliphatic heterocycles. The summed E-state index contributed by atoms with van der Waals surface area (Å²) in [4.78, 5) is 79.9. The predicted molar refractivity (Wildman–Crippen MR) is 320 cm³/mol. The van der Waals surface area contributed by atoms with E-state index in [9.17, 15) is 28.8 Å². The first-order valence-electron chi connectivity index (χ1n) is 30.3. The molecule has 1 atom stereocenters. The Labute approximate surface area is 485 Å². The number of hydrogen-bond acceptors (Lipinski definition) is 13. The van der Waals surface area contributed by atoms with Crippen LogP contribution in [-0.4, -0.2) is 166 Å². The first-order chi connectivity index (χ1) is 36.7. The normalized spacial score (nSPS) is 18.0. The van der Waals surface area contributed by atoms with Crippen molar-refractivity contribution >= 4 is 41.8 Å². The highest BCUT2D eigenvalue weighted by molar-refractivity contribution is 5.84. The zero-order chi connectivity index (χ0) is 61.3. The molecule has 18 heteroatoms. The summed E-state index contributed by atoms with van der Waals surface area (Å²) < 4.78 is 21.5. The third-order valence-corrected chi connectivity index (χ3v) is 13.9. The number of hydrogen-bond donors (Lipinski definition) is 2. The maximum absolute atomic E-state index is 12.0. The van der Waals surface area contributed by atoms with Gasteiger partial charge in [0.05, 0.1) is 5.71 Å². The number of ketones is 1. The highest BCUT2D eigenvalue weighted by atomic mass is 16.6. The molecule has 1 unspecified atom stereocenters. The standard InChI is InChI=1S/C16H30N2O3.C16H32N2O2.C16H29NO3.C14H26N2O3/c1-12(2)10-14(17-20)11-13-6-8-18(9-7-13)15(19)21-16(3,4)5;1-12(2)10-14(17)11-13-6-8-18(9-7-13)15(19)20-16(3,4)5;1-12(2)10-14(18)11-13-6-8-17(9-7-13)15(19)20-16(3,4)5;1-14(2,3)19-13(18)16-8-6-11(7-9-16)10-12(17)15(4)5/h12-13,20H,6-11H2,1-5H3;12-14H,6-11,17H2,1-5H3;12-13H,6-11H2,1-5H3;11H,6-10H2,1-5H3. The van der Waals surface area contributed by atoms with Crippen LogP contribution in [0.1, 0.15) is 221 Å². The summed E-state index contributed by atoms with van der Waals surface area (Å²) in [6.45, 7) is 41.2. The SMILES string of the molecule is CC(C)CC(=O)CC1CCN(C(=O)OC(C)(C)C)CC1.CC(C)CC(CC1CCN(C(=O)OC(C)(C)C)CC1)=NO.CC(C)CC(N)CC1CCN(C(=O)OC(C)(C)C)CC1.CN(C)C(=O)CC1CCN(C(=O)OC(C)(C)C)CC1. The van der Waals surface area contributed by atoms with Gasteiger partial charge in [-0.15, -0.1) is 0 Å².